The number of carbonyl (C=O) groups excluding carboxylic acids is 2. The van der Waals surface area contributed by atoms with Gasteiger partial charge in [-0.2, -0.15) is 0 Å². The van der Waals surface area contributed by atoms with E-state index in [0.29, 0.717) is 5.69 Å². The predicted molar refractivity (Wildman–Crippen MR) is 84.9 cm³/mol. The van der Waals surface area contributed by atoms with Gasteiger partial charge in [0, 0.05) is 5.69 Å². The van der Waals surface area contributed by atoms with Crippen LogP contribution in [-0.4, -0.2) is 41.1 Å². The summed E-state index contributed by atoms with van der Waals surface area (Å²) in [5, 5.41) is 8.78. The van der Waals surface area contributed by atoms with Crippen molar-refractivity contribution in [1.82, 2.24) is 0 Å². The summed E-state index contributed by atoms with van der Waals surface area (Å²) in [5.41, 5.74) is 5.39. The van der Waals surface area contributed by atoms with E-state index >= 15 is 0 Å². The van der Waals surface area contributed by atoms with Gasteiger partial charge in [0.05, 0.1) is 12.5 Å². The molecule has 0 saturated heterocycles. The minimum Gasteiger partial charge on any atom is -0.481 e. The van der Waals surface area contributed by atoms with E-state index in [0.717, 1.165) is 4.90 Å². The Balaban J connectivity index is 2.97. The lowest BCUT2D eigenvalue weighted by atomic mass is 10.1. The summed E-state index contributed by atoms with van der Waals surface area (Å²) in [6.45, 7) is 4.81. The third-order valence-corrected chi connectivity index (χ3v) is 2.75. The number of rotatable bonds is 6. The molecule has 0 unspecified atom stereocenters. The Hall–Kier alpha value is -2.41. The van der Waals surface area contributed by atoms with Gasteiger partial charge >= 0.3 is 11.9 Å². The molecule has 1 aromatic rings. The number of carboxylic acids is 1. The van der Waals surface area contributed by atoms with Crippen LogP contribution in [0.5, 0.6) is 0 Å². The number of carbonyl (C=O) groups is 3. The first kappa shape index (κ1) is 18.6. The monoisotopic (exact) mass is 322 g/mol. The van der Waals surface area contributed by atoms with Crippen molar-refractivity contribution < 1.29 is 24.2 Å². The number of amides is 1. The van der Waals surface area contributed by atoms with Gasteiger partial charge in [-0.1, -0.05) is 18.2 Å². The number of carboxylic acid groups (broad SMARTS) is 1. The molecule has 0 saturated carbocycles. The zero-order valence-electron chi connectivity index (χ0n) is 13.5. The second kappa shape index (κ2) is 7.73. The second-order valence-electron chi connectivity index (χ2n) is 6.05. The van der Waals surface area contributed by atoms with Gasteiger partial charge in [-0.25, -0.2) is 0 Å². The first-order chi connectivity index (χ1) is 10.6. The molecule has 0 heterocycles. The summed E-state index contributed by atoms with van der Waals surface area (Å²) >= 11 is 0. The number of nitrogens with zero attached hydrogens (tertiary/aromatic N) is 1. The average molecular weight is 322 g/mol. The second-order valence-corrected chi connectivity index (χ2v) is 6.05. The van der Waals surface area contributed by atoms with E-state index in [4.69, 9.17) is 15.6 Å². The number of nitrogens with two attached hydrogens (primary N) is 1. The number of anilines is 1. The zero-order chi connectivity index (χ0) is 17.6. The molecule has 23 heavy (non-hydrogen) atoms. The first-order valence-electron chi connectivity index (χ1n) is 7.16. The molecular formula is C16H22N2O5. The maximum absolute atomic E-state index is 12.4. The Kier molecular flexibility index (Phi) is 6.27. The molecule has 0 spiro atoms. The van der Waals surface area contributed by atoms with Crippen LogP contribution in [0.15, 0.2) is 30.3 Å². The molecular weight excluding hydrogens is 300 g/mol. The summed E-state index contributed by atoms with van der Waals surface area (Å²) in [7, 11) is 0. The van der Waals surface area contributed by atoms with Crippen molar-refractivity contribution in [3.8, 4) is 0 Å². The molecule has 0 fully saturated rings. The molecule has 7 nitrogen and oxygen atoms in total. The highest BCUT2D eigenvalue weighted by Gasteiger charge is 2.28. The summed E-state index contributed by atoms with van der Waals surface area (Å²) in [5.74, 6) is -2.43. The molecule has 0 bridgehead atoms. The van der Waals surface area contributed by atoms with Crippen LogP contribution in [0.2, 0.25) is 0 Å². The molecule has 0 aliphatic carbocycles. The first-order valence-corrected chi connectivity index (χ1v) is 7.16. The summed E-state index contributed by atoms with van der Waals surface area (Å²) in [4.78, 5) is 36.3. The molecule has 126 valence electrons. The molecule has 1 amide bonds. The van der Waals surface area contributed by atoms with Gasteiger partial charge in [-0.05, 0) is 32.9 Å². The standard InChI is InChI=1S/C16H22N2O5/c1-16(2,3)23-14(21)10-18(11-7-5-4-6-8-11)15(22)12(17)9-13(19)20/h4-8,12H,9-10,17H2,1-3H3,(H,19,20)/t12-/m0/s1. The number of hydrogen-bond donors (Lipinski definition) is 2. The highest BCUT2D eigenvalue weighted by Crippen LogP contribution is 2.16. The quantitative estimate of drug-likeness (QED) is 0.761. The van der Waals surface area contributed by atoms with Crippen LogP contribution in [0.1, 0.15) is 27.2 Å². The SMILES string of the molecule is CC(C)(C)OC(=O)CN(C(=O)[C@@H](N)CC(=O)O)c1ccccc1. The lowest BCUT2D eigenvalue weighted by Crippen LogP contribution is -2.48. The van der Waals surface area contributed by atoms with Crippen molar-refractivity contribution in [2.45, 2.75) is 38.8 Å². The third kappa shape index (κ3) is 6.48. The Labute approximate surface area is 135 Å². The van der Waals surface area contributed by atoms with Gasteiger partial charge in [0.2, 0.25) is 5.91 Å². The fourth-order valence-electron chi connectivity index (χ4n) is 1.88. The molecule has 3 N–H and O–H groups in total. The lowest BCUT2D eigenvalue weighted by Gasteiger charge is -2.27. The molecule has 0 aliphatic heterocycles. The van der Waals surface area contributed by atoms with Crippen LogP contribution < -0.4 is 10.6 Å². The fraction of sp³-hybridized carbons (Fsp3) is 0.438. The highest BCUT2D eigenvalue weighted by molar-refractivity contribution is 6.01. The molecule has 1 atom stereocenters. The smallest absolute Gasteiger partial charge is 0.326 e. The Morgan fingerprint density at radius 2 is 1.78 bits per heavy atom. The number of para-hydroxylation sites is 1. The average Bonchev–Trinajstić information content (AvgIpc) is 2.42. The predicted octanol–water partition coefficient (Wildman–Crippen LogP) is 1.16. The van der Waals surface area contributed by atoms with Gasteiger partial charge in [0.15, 0.2) is 0 Å². The Bertz CT molecular complexity index is 566. The van der Waals surface area contributed by atoms with Crippen molar-refractivity contribution in [3.05, 3.63) is 30.3 Å². The van der Waals surface area contributed by atoms with Gasteiger partial charge in [0.1, 0.15) is 12.1 Å². The fourth-order valence-corrected chi connectivity index (χ4v) is 1.88. The third-order valence-electron chi connectivity index (χ3n) is 2.75. The van der Waals surface area contributed by atoms with E-state index in [-0.39, 0.29) is 6.54 Å². The minimum absolute atomic E-state index is 0.340. The van der Waals surface area contributed by atoms with E-state index in [1.54, 1.807) is 51.1 Å². The van der Waals surface area contributed by atoms with Crippen LogP contribution in [0.3, 0.4) is 0 Å². The van der Waals surface area contributed by atoms with Gasteiger partial charge < -0.3 is 15.6 Å². The van der Waals surface area contributed by atoms with Crippen molar-refractivity contribution in [3.63, 3.8) is 0 Å². The maximum Gasteiger partial charge on any atom is 0.326 e. The normalized spacial score (nSPS) is 12.3. The van der Waals surface area contributed by atoms with E-state index in [1.807, 2.05) is 0 Å². The van der Waals surface area contributed by atoms with E-state index in [9.17, 15) is 14.4 Å². The van der Waals surface area contributed by atoms with Crippen molar-refractivity contribution in [1.29, 1.82) is 0 Å². The Morgan fingerprint density at radius 1 is 1.22 bits per heavy atom. The van der Waals surface area contributed by atoms with Crippen LogP contribution in [-0.2, 0) is 19.1 Å². The number of aliphatic carboxylic acids is 1. The van der Waals surface area contributed by atoms with E-state index in [2.05, 4.69) is 0 Å². The number of ether oxygens (including phenoxy) is 1. The number of esters is 1. The molecule has 0 radical (unpaired) electrons. The summed E-state index contributed by atoms with van der Waals surface area (Å²) in [6.07, 6.45) is -0.517. The van der Waals surface area contributed by atoms with Crippen LogP contribution in [0, 0.1) is 0 Å². The van der Waals surface area contributed by atoms with Gasteiger partial charge in [-0.3, -0.25) is 19.3 Å². The largest absolute Gasteiger partial charge is 0.481 e. The van der Waals surface area contributed by atoms with E-state index in [1.165, 1.54) is 0 Å². The van der Waals surface area contributed by atoms with Crippen LogP contribution in [0.25, 0.3) is 0 Å². The summed E-state index contributed by atoms with van der Waals surface area (Å²) < 4.78 is 5.21. The minimum atomic E-state index is -1.24. The molecule has 1 aromatic carbocycles. The number of benzene rings is 1. The van der Waals surface area contributed by atoms with Gasteiger partial charge in [-0.15, -0.1) is 0 Å². The zero-order valence-corrected chi connectivity index (χ0v) is 13.5. The molecule has 0 aromatic heterocycles. The van der Waals surface area contributed by atoms with Crippen LogP contribution in [0.4, 0.5) is 5.69 Å². The molecule has 0 aliphatic rings. The molecule has 7 heteroatoms. The van der Waals surface area contributed by atoms with Crippen LogP contribution >= 0.6 is 0 Å². The highest BCUT2D eigenvalue weighted by atomic mass is 16.6. The maximum atomic E-state index is 12.4. The van der Waals surface area contributed by atoms with Crippen molar-refractivity contribution >= 4 is 23.5 Å². The topological polar surface area (TPSA) is 110 Å². The van der Waals surface area contributed by atoms with Crippen molar-refractivity contribution in [2.24, 2.45) is 5.73 Å². The van der Waals surface area contributed by atoms with Crippen molar-refractivity contribution in [2.75, 3.05) is 11.4 Å². The van der Waals surface area contributed by atoms with Gasteiger partial charge in [0.25, 0.3) is 0 Å². The number of hydrogen-bond acceptors (Lipinski definition) is 5. The van der Waals surface area contributed by atoms with E-state index < -0.39 is 35.9 Å². The lowest BCUT2D eigenvalue weighted by molar-refractivity contribution is -0.153. The Morgan fingerprint density at radius 3 is 2.26 bits per heavy atom. The summed E-state index contributed by atoms with van der Waals surface area (Å²) in [6, 6.07) is 7.19. The molecule has 1 rings (SSSR count).